The molecule has 0 unspecified atom stereocenters. The van der Waals surface area contributed by atoms with Crippen LogP contribution in [0.1, 0.15) is 28.2 Å². The van der Waals surface area contributed by atoms with Crippen LogP contribution < -0.4 is 10.2 Å². The van der Waals surface area contributed by atoms with Gasteiger partial charge in [0.25, 0.3) is 5.91 Å². The third-order valence-electron chi connectivity index (χ3n) is 3.66. The Bertz CT molecular complexity index is 628. The van der Waals surface area contributed by atoms with Gasteiger partial charge in [-0.15, -0.1) is 0 Å². The second-order valence-electron chi connectivity index (χ2n) is 5.28. The molecule has 0 aliphatic heterocycles. The standard InChI is InChI=1S/C15H18N4O/c1-19(2)11-8-6-10(7-9-11)16-15(20)14-12-4-3-5-13(12)17-18-14/h6-9H,3-5H2,1-2H3,(H,16,20)(H,17,18). The molecule has 1 heterocycles. The Hall–Kier alpha value is -2.30. The number of hydrogen-bond acceptors (Lipinski definition) is 3. The summed E-state index contributed by atoms with van der Waals surface area (Å²) in [5.41, 5.74) is 4.61. The van der Waals surface area contributed by atoms with Crippen LogP contribution in [0.15, 0.2) is 24.3 Å². The molecule has 1 aliphatic rings. The Labute approximate surface area is 118 Å². The van der Waals surface area contributed by atoms with E-state index in [9.17, 15) is 4.79 Å². The normalized spacial score (nSPS) is 13.1. The van der Waals surface area contributed by atoms with Gasteiger partial charge in [-0.2, -0.15) is 5.10 Å². The molecule has 5 heteroatoms. The second-order valence-corrected chi connectivity index (χ2v) is 5.28. The largest absolute Gasteiger partial charge is 0.378 e. The van der Waals surface area contributed by atoms with E-state index in [1.807, 2.05) is 43.3 Å². The number of aromatic amines is 1. The van der Waals surface area contributed by atoms with E-state index in [1.165, 1.54) is 0 Å². The zero-order valence-electron chi connectivity index (χ0n) is 11.7. The molecule has 1 aromatic heterocycles. The Kier molecular flexibility index (Phi) is 3.18. The molecule has 1 aromatic carbocycles. The molecule has 0 spiro atoms. The lowest BCUT2D eigenvalue weighted by molar-refractivity contribution is 0.102. The number of nitrogens with one attached hydrogen (secondary N) is 2. The summed E-state index contributed by atoms with van der Waals surface area (Å²) in [4.78, 5) is 14.3. The van der Waals surface area contributed by atoms with Crippen molar-refractivity contribution in [1.82, 2.24) is 10.2 Å². The molecule has 0 bridgehead atoms. The van der Waals surface area contributed by atoms with Crippen molar-refractivity contribution in [1.29, 1.82) is 0 Å². The van der Waals surface area contributed by atoms with Crippen LogP contribution >= 0.6 is 0 Å². The van der Waals surface area contributed by atoms with E-state index in [0.717, 1.165) is 41.9 Å². The van der Waals surface area contributed by atoms with Crippen molar-refractivity contribution in [3.63, 3.8) is 0 Å². The van der Waals surface area contributed by atoms with Gasteiger partial charge in [-0.25, -0.2) is 0 Å². The lowest BCUT2D eigenvalue weighted by Gasteiger charge is -2.12. The van der Waals surface area contributed by atoms with Gasteiger partial charge in [-0.3, -0.25) is 9.89 Å². The minimum Gasteiger partial charge on any atom is -0.378 e. The maximum absolute atomic E-state index is 12.2. The summed E-state index contributed by atoms with van der Waals surface area (Å²) in [6, 6.07) is 7.76. The minimum atomic E-state index is -0.137. The van der Waals surface area contributed by atoms with Crippen LogP contribution in [0, 0.1) is 0 Å². The van der Waals surface area contributed by atoms with Gasteiger partial charge in [0.15, 0.2) is 5.69 Å². The van der Waals surface area contributed by atoms with Crippen molar-refractivity contribution in [3.8, 4) is 0 Å². The molecule has 1 amide bonds. The highest BCUT2D eigenvalue weighted by Gasteiger charge is 2.22. The number of carbonyl (C=O) groups excluding carboxylic acids is 1. The first-order valence-electron chi connectivity index (χ1n) is 6.80. The van der Waals surface area contributed by atoms with Crippen LogP contribution in [0.4, 0.5) is 11.4 Å². The van der Waals surface area contributed by atoms with Crippen LogP contribution in [-0.4, -0.2) is 30.2 Å². The number of benzene rings is 1. The molecule has 0 radical (unpaired) electrons. The molecule has 5 nitrogen and oxygen atoms in total. The number of H-pyrrole nitrogens is 1. The zero-order valence-corrected chi connectivity index (χ0v) is 11.7. The first kappa shape index (κ1) is 12.7. The molecule has 0 saturated carbocycles. The SMILES string of the molecule is CN(C)c1ccc(NC(=O)c2n[nH]c3c2CCC3)cc1. The van der Waals surface area contributed by atoms with Crippen molar-refractivity contribution >= 4 is 17.3 Å². The summed E-state index contributed by atoms with van der Waals surface area (Å²) < 4.78 is 0. The van der Waals surface area contributed by atoms with E-state index in [2.05, 4.69) is 15.5 Å². The van der Waals surface area contributed by atoms with Crippen LogP contribution in [0.5, 0.6) is 0 Å². The number of amides is 1. The number of aromatic nitrogens is 2. The molecule has 2 aromatic rings. The van der Waals surface area contributed by atoms with E-state index in [4.69, 9.17) is 0 Å². The maximum atomic E-state index is 12.2. The van der Waals surface area contributed by atoms with Gasteiger partial charge in [0, 0.05) is 36.7 Å². The van der Waals surface area contributed by atoms with Gasteiger partial charge in [0.05, 0.1) is 0 Å². The number of aryl methyl sites for hydroxylation is 1. The summed E-state index contributed by atoms with van der Waals surface area (Å²) in [6.07, 6.45) is 3.03. The third kappa shape index (κ3) is 2.27. The highest BCUT2D eigenvalue weighted by atomic mass is 16.1. The molecule has 0 fully saturated rings. The molecule has 0 atom stereocenters. The fourth-order valence-corrected chi connectivity index (χ4v) is 2.54. The van der Waals surface area contributed by atoms with Crippen molar-refractivity contribution in [3.05, 3.63) is 41.2 Å². The highest BCUT2D eigenvalue weighted by molar-refractivity contribution is 6.04. The van der Waals surface area contributed by atoms with Gasteiger partial charge in [-0.1, -0.05) is 0 Å². The van der Waals surface area contributed by atoms with E-state index >= 15 is 0 Å². The number of hydrogen-bond donors (Lipinski definition) is 2. The Morgan fingerprint density at radius 3 is 2.70 bits per heavy atom. The predicted octanol–water partition coefficient (Wildman–Crippen LogP) is 2.22. The molecule has 0 saturated heterocycles. The van der Waals surface area contributed by atoms with Crippen LogP contribution in [0.2, 0.25) is 0 Å². The smallest absolute Gasteiger partial charge is 0.276 e. The van der Waals surface area contributed by atoms with E-state index in [1.54, 1.807) is 0 Å². The topological polar surface area (TPSA) is 61.0 Å². The minimum absolute atomic E-state index is 0.137. The van der Waals surface area contributed by atoms with Gasteiger partial charge in [0.2, 0.25) is 0 Å². The number of carbonyl (C=O) groups is 1. The summed E-state index contributed by atoms with van der Waals surface area (Å²) in [5.74, 6) is -0.137. The Balaban J connectivity index is 1.75. The lowest BCUT2D eigenvalue weighted by atomic mass is 10.2. The molecular formula is C15H18N4O. The van der Waals surface area contributed by atoms with Crippen molar-refractivity contribution < 1.29 is 4.79 Å². The monoisotopic (exact) mass is 270 g/mol. The first-order chi connectivity index (χ1) is 9.65. The number of fused-ring (bicyclic) bond motifs is 1. The summed E-state index contributed by atoms with van der Waals surface area (Å²) in [7, 11) is 3.97. The molecular weight excluding hydrogens is 252 g/mol. The second kappa shape index (κ2) is 5.00. The fourth-order valence-electron chi connectivity index (χ4n) is 2.54. The Morgan fingerprint density at radius 2 is 2.00 bits per heavy atom. The lowest BCUT2D eigenvalue weighted by Crippen LogP contribution is -2.14. The quantitative estimate of drug-likeness (QED) is 0.899. The van der Waals surface area contributed by atoms with Gasteiger partial charge in [-0.05, 0) is 43.5 Å². The third-order valence-corrected chi connectivity index (χ3v) is 3.66. The van der Waals surface area contributed by atoms with E-state index in [-0.39, 0.29) is 5.91 Å². The number of nitrogens with zero attached hydrogens (tertiary/aromatic N) is 2. The summed E-state index contributed by atoms with van der Waals surface area (Å²) in [6.45, 7) is 0. The molecule has 2 N–H and O–H groups in total. The van der Waals surface area contributed by atoms with Crippen molar-refractivity contribution in [2.45, 2.75) is 19.3 Å². The van der Waals surface area contributed by atoms with Crippen molar-refractivity contribution in [2.75, 3.05) is 24.3 Å². The number of anilines is 2. The predicted molar refractivity (Wildman–Crippen MR) is 79.3 cm³/mol. The summed E-state index contributed by atoms with van der Waals surface area (Å²) >= 11 is 0. The average molecular weight is 270 g/mol. The zero-order chi connectivity index (χ0) is 14.1. The summed E-state index contributed by atoms with van der Waals surface area (Å²) in [5, 5.41) is 9.99. The highest BCUT2D eigenvalue weighted by Crippen LogP contribution is 2.23. The molecule has 104 valence electrons. The van der Waals surface area contributed by atoms with Gasteiger partial charge < -0.3 is 10.2 Å². The first-order valence-corrected chi connectivity index (χ1v) is 6.80. The molecule has 3 rings (SSSR count). The molecule has 20 heavy (non-hydrogen) atoms. The number of rotatable bonds is 3. The Morgan fingerprint density at radius 1 is 1.25 bits per heavy atom. The van der Waals surface area contributed by atoms with Gasteiger partial charge >= 0.3 is 0 Å². The van der Waals surface area contributed by atoms with Crippen LogP contribution in [0.3, 0.4) is 0 Å². The fraction of sp³-hybridized carbons (Fsp3) is 0.333. The van der Waals surface area contributed by atoms with E-state index in [0.29, 0.717) is 5.69 Å². The molecule has 1 aliphatic carbocycles. The van der Waals surface area contributed by atoms with E-state index < -0.39 is 0 Å². The average Bonchev–Trinajstić information content (AvgIpc) is 3.01. The van der Waals surface area contributed by atoms with Crippen LogP contribution in [-0.2, 0) is 12.8 Å². The van der Waals surface area contributed by atoms with Gasteiger partial charge in [0.1, 0.15) is 0 Å². The van der Waals surface area contributed by atoms with Crippen molar-refractivity contribution in [2.24, 2.45) is 0 Å². The van der Waals surface area contributed by atoms with Crippen LogP contribution in [0.25, 0.3) is 0 Å². The maximum Gasteiger partial charge on any atom is 0.276 e.